The molecule has 2 amide bonds. The van der Waals surface area contributed by atoms with Gasteiger partial charge >= 0.3 is 6.11 Å². The highest BCUT2D eigenvalue weighted by Crippen LogP contribution is 2.25. The number of benzene rings is 2. The molecule has 0 bridgehead atoms. The summed E-state index contributed by atoms with van der Waals surface area (Å²) in [5.74, 6) is -0.170. The lowest BCUT2D eigenvalue weighted by Crippen LogP contribution is -2.25. The van der Waals surface area contributed by atoms with Crippen molar-refractivity contribution in [3.8, 4) is 11.5 Å². The maximum atomic E-state index is 13.2. The van der Waals surface area contributed by atoms with Crippen LogP contribution in [0.3, 0.4) is 0 Å². The molecule has 6 nitrogen and oxygen atoms in total. The average molecular weight is 435 g/mol. The normalized spacial score (nSPS) is 16.3. The maximum absolute atomic E-state index is 13.2. The zero-order valence-electron chi connectivity index (χ0n) is 16.0. The summed E-state index contributed by atoms with van der Waals surface area (Å²) in [6, 6.07) is 12.3. The molecule has 0 spiro atoms. The van der Waals surface area contributed by atoms with Crippen LogP contribution in [0.1, 0.15) is 29.3 Å². The molecule has 1 unspecified atom stereocenters. The fourth-order valence-electron chi connectivity index (χ4n) is 2.65. The van der Waals surface area contributed by atoms with Gasteiger partial charge in [0.05, 0.1) is 5.25 Å². The van der Waals surface area contributed by atoms with E-state index in [-0.39, 0.29) is 29.3 Å². The van der Waals surface area contributed by atoms with Crippen molar-refractivity contribution in [2.75, 3.05) is 6.61 Å². The molecule has 2 aromatic rings. The Morgan fingerprint density at radius 1 is 1.07 bits per heavy atom. The van der Waals surface area contributed by atoms with Crippen LogP contribution in [-0.2, 0) is 11.2 Å². The van der Waals surface area contributed by atoms with E-state index < -0.39 is 17.8 Å². The Morgan fingerprint density at radius 2 is 1.70 bits per heavy atom. The summed E-state index contributed by atoms with van der Waals surface area (Å²) >= 11 is 0.964. The number of halogens is 2. The van der Waals surface area contributed by atoms with Gasteiger partial charge in [-0.2, -0.15) is 8.78 Å². The second kappa shape index (κ2) is 9.25. The summed E-state index contributed by atoms with van der Waals surface area (Å²) in [6.07, 6.45) is -3.30. The number of hydrogen-bond acceptors (Lipinski definition) is 6. The predicted octanol–water partition coefficient (Wildman–Crippen LogP) is 4.22. The highest BCUT2D eigenvalue weighted by Gasteiger charge is 2.31. The minimum Gasteiger partial charge on any atom is -0.485 e. The van der Waals surface area contributed by atoms with Crippen LogP contribution in [-0.4, -0.2) is 34.9 Å². The summed E-state index contributed by atoms with van der Waals surface area (Å²) in [7, 11) is 0. The van der Waals surface area contributed by atoms with E-state index in [0.29, 0.717) is 17.7 Å². The lowest BCUT2D eigenvalue weighted by Gasteiger charge is -2.16. The molecule has 30 heavy (non-hydrogen) atoms. The van der Waals surface area contributed by atoms with E-state index in [1.54, 1.807) is 24.3 Å². The van der Waals surface area contributed by atoms with Crippen molar-refractivity contribution in [2.45, 2.75) is 31.1 Å². The molecular weight excluding hydrogens is 416 g/mol. The monoisotopic (exact) mass is 435 g/mol. The number of ketones is 1. The number of nitrogens with one attached hydrogen (secondary N) is 1. The third kappa shape index (κ3) is 5.79. The lowest BCUT2D eigenvalue weighted by molar-refractivity contribution is -0.177. The van der Waals surface area contributed by atoms with Gasteiger partial charge in [0, 0.05) is 12.0 Å². The summed E-state index contributed by atoms with van der Waals surface area (Å²) in [5.41, 5.74) is 1.17. The summed E-state index contributed by atoms with van der Waals surface area (Å²) in [5, 5.41) is 1.45. The molecule has 1 atom stereocenters. The van der Waals surface area contributed by atoms with E-state index in [1.165, 1.54) is 31.2 Å². The van der Waals surface area contributed by atoms with Crippen LogP contribution in [0.5, 0.6) is 11.5 Å². The number of carbonyl (C=O) groups is 3. The number of Topliss-reactive ketones (excluding diaryl/α,β-unsaturated/α-hetero) is 1. The molecule has 2 aromatic carbocycles. The SMILES string of the molecule is CCC(F)(F)Oc1ccc(C(=O)COc2ccc(CC3SC(=O)NC3=O)cc2)cc1. The van der Waals surface area contributed by atoms with Crippen LogP contribution in [0.15, 0.2) is 48.5 Å². The molecule has 9 heteroatoms. The fraction of sp³-hybridized carbons (Fsp3) is 0.286. The van der Waals surface area contributed by atoms with Crippen molar-refractivity contribution < 1.29 is 32.6 Å². The van der Waals surface area contributed by atoms with Gasteiger partial charge in [-0.05, 0) is 48.4 Å². The molecule has 1 fully saturated rings. The zero-order valence-corrected chi connectivity index (χ0v) is 16.8. The highest BCUT2D eigenvalue weighted by atomic mass is 32.2. The number of carbonyl (C=O) groups excluding carboxylic acids is 3. The van der Waals surface area contributed by atoms with Crippen molar-refractivity contribution in [1.82, 2.24) is 5.32 Å². The second-order valence-electron chi connectivity index (χ2n) is 6.56. The van der Waals surface area contributed by atoms with Gasteiger partial charge in [-0.1, -0.05) is 30.8 Å². The van der Waals surface area contributed by atoms with Crippen LogP contribution >= 0.6 is 11.8 Å². The minimum atomic E-state index is -3.25. The molecular formula is C21H19F2NO5S. The number of rotatable bonds is 9. The zero-order chi connectivity index (χ0) is 21.7. The first kappa shape index (κ1) is 21.8. The Bertz CT molecular complexity index is 931. The van der Waals surface area contributed by atoms with Crippen LogP contribution in [0, 0.1) is 0 Å². The smallest absolute Gasteiger partial charge is 0.397 e. The standard InChI is InChI=1S/C21H19F2NO5S/c1-2-21(22,23)29-16-9-5-14(6-10-16)17(25)12-28-15-7-3-13(4-8-15)11-18-19(26)24-20(27)30-18/h3-10,18H,2,11-12H2,1H3,(H,24,26,27). The van der Waals surface area contributed by atoms with Crippen LogP contribution in [0.4, 0.5) is 13.6 Å². The topological polar surface area (TPSA) is 81.7 Å². The van der Waals surface area contributed by atoms with E-state index >= 15 is 0 Å². The van der Waals surface area contributed by atoms with E-state index in [0.717, 1.165) is 17.3 Å². The number of ether oxygens (including phenoxy) is 2. The Hall–Kier alpha value is -2.94. The van der Waals surface area contributed by atoms with Crippen LogP contribution < -0.4 is 14.8 Å². The fourth-order valence-corrected chi connectivity index (χ4v) is 3.51. The summed E-state index contributed by atoms with van der Waals surface area (Å²) in [4.78, 5) is 35.1. The number of amides is 2. The molecule has 0 radical (unpaired) electrons. The molecule has 1 aliphatic rings. The van der Waals surface area contributed by atoms with Crippen LogP contribution in [0.25, 0.3) is 0 Å². The van der Waals surface area contributed by atoms with Gasteiger partial charge < -0.3 is 9.47 Å². The molecule has 0 saturated carbocycles. The Labute approximate surface area is 175 Å². The first-order valence-corrected chi connectivity index (χ1v) is 10.1. The van der Waals surface area contributed by atoms with Gasteiger partial charge in [0.2, 0.25) is 5.91 Å². The third-order valence-corrected chi connectivity index (χ3v) is 5.32. The molecule has 3 rings (SSSR count). The second-order valence-corrected chi connectivity index (χ2v) is 7.74. The number of alkyl halides is 2. The number of thioether (sulfide) groups is 1. The van der Waals surface area contributed by atoms with E-state index in [2.05, 4.69) is 10.1 Å². The average Bonchev–Trinajstić information content (AvgIpc) is 3.04. The van der Waals surface area contributed by atoms with Gasteiger partial charge in [-0.25, -0.2) is 0 Å². The summed E-state index contributed by atoms with van der Waals surface area (Å²) in [6.45, 7) is 1.09. The van der Waals surface area contributed by atoms with Crippen molar-refractivity contribution >= 4 is 28.7 Å². The molecule has 0 aliphatic carbocycles. The van der Waals surface area contributed by atoms with Gasteiger partial charge in [0.25, 0.3) is 5.24 Å². The minimum absolute atomic E-state index is 0.0225. The molecule has 1 saturated heterocycles. The maximum Gasteiger partial charge on any atom is 0.397 e. The number of hydrogen-bond donors (Lipinski definition) is 1. The quantitative estimate of drug-likeness (QED) is 0.594. The lowest BCUT2D eigenvalue weighted by atomic mass is 10.1. The van der Waals surface area contributed by atoms with Gasteiger partial charge in [-0.3, -0.25) is 19.7 Å². The van der Waals surface area contributed by atoms with Crippen LogP contribution in [0.2, 0.25) is 0 Å². The summed E-state index contributed by atoms with van der Waals surface area (Å²) < 4.78 is 36.5. The first-order valence-electron chi connectivity index (χ1n) is 9.19. The third-order valence-electron chi connectivity index (χ3n) is 4.34. The van der Waals surface area contributed by atoms with E-state index in [4.69, 9.17) is 4.74 Å². The van der Waals surface area contributed by atoms with Gasteiger partial charge in [0.15, 0.2) is 12.4 Å². The van der Waals surface area contributed by atoms with Crippen molar-refractivity contribution in [3.05, 3.63) is 59.7 Å². The van der Waals surface area contributed by atoms with Crippen molar-refractivity contribution in [1.29, 1.82) is 0 Å². The molecule has 0 aromatic heterocycles. The predicted molar refractivity (Wildman–Crippen MR) is 107 cm³/mol. The van der Waals surface area contributed by atoms with Gasteiger partial charge in [0.1, 0.15) is 11.5 Å². The molecule has 158 valence electrons. The Balaban J connectivity index is 1.51. The van der Waals surface area contributed by atoms with E-state index in [9.17, 15) is 23.2 Å². The number of imide groups is 1. The van der Waals surface area contributed by atoms with Crippen molar-refractivity contribution in [3.63, 3.8) is 0 Å². The molecule has 1 aliphatic heterocycles. The highest BCUT2D eigenvalue weighted by molar-refractivity contribution is 8.15. The Morgan fingerprint density at radius 3 is 2.27 bits per heavy atom. The van der Waals surface area contributed by atoms with E-state index in [1.807, 2.05) is 0 Å². The molecule has 1 heterocycles. The van der Waals surface area contributed by atoms with Crippen molar-refractivity contribution in [2.24, 2.45) is 0 Å². The largest absolute Gasteiger partial charge is 0.485 e. The van der Waals surface area contributed by atoms with Gasteiger partial charge in [-0.15, -0.1) is 0 Å². The molecule has 1 N–H and O–H groups in total. The first-order chi connectivity index (χ1) is 14.3. The Kier molecular flexibility index (Phi) is 6.71.